The van der Waals surface area contributed by atoms with Crippen LogP contribution in [0.5, 0.6) is 5.75 Å². The molecule has 2 atom stereocenters. The van der Waals surface area contributed by atoms with Gasteiger partial charge in [-0.1, -0.05) is 37.3 Å². The summed E-state index contributed by atoms with van der Waals surface area (Å²) in [6, 6.07) is 13.2. The predicted octanol–water partition coefficient (Wildman–Crippen LogP) is 3.36. The van der Waals surface area contributed by atoms with Crippen molar-refractivity contribution in [2.75, 3.05) is 17.1 Å². The molecule has 6 nitrogen and oxygen atoms in total. The largest absolute Gasteiger partial charge is 0.476 e. The molecule has 1 heterocycles. The van der Waals surface area contributed by atoms with E-state index in [1.165, 1.54) is 28.3 Å². The number of amides is 1. The summed E-state index contributed by atoms with van der Waals surface area (Å²) < 4.78 is 31.7. The molecular weight excluding hydrogens is 400 g/mol. The maximum absolute atomic E-state index is 13.1. The molecule has 30 heavy (non-hydrogen) atoms. The van der Waals surface area contributed by atoms with Gasteiger partial charge < -0.3 is 10.1 Å². The van der Waals surface area contributed by atoms with E-state index < -0.39 is 16.1 Å². The van der Waals surface area contributed by atoms with Crippen LogP contribution in [0, 0.1) is 0 Å². The third-order valence-corrected chi connectivity index (χ3v) is 7.07. The van der Waals surface area contributed by atoms with E-state index in [0.717, 1.165) is 31.1 Å². The number of carbonyl (C=O) groups excluding carboxylic acids is 1. The monoisotopic (exact) mass is 428 g/mol. The number of carbonyl (C=O) groups is 1. The van der Waals surface area contributed by atoms with Crippen LogP contribution in [0.4, 0.5) is 5.69 Å². The van der Waals surface area contributed by atoms with E-state index >= 15 is 0 Å². The van der Waals surface area contributed by atoms with E-state index in [4.69, 9.17) is 4.74 Å². The summed E-state index contributed by atoms with van der Waals surface area (Å²) in [7, 11) is -3.53. The first-order chi connectivity index (χ1) is 14.4. The summed E-state index contributed by atoms with van der Waals surface area (Å²) in [6.45, 7) is 1.99. The lowest BCUT2D eigenvalue weighted by Crippen LogP contribution is -2.51. The molecule has 0 fully saturated rings. The Bertz CT molecular complexity index is 1050. The molecule has 0 unspecified atom stereocenters. The van der Waals surface area contributed by atoms with E-state index in [1.54, 1.807) is 24.3 Å². The SMILES string of the molecule is CC[C@@H](NC(=O)[C@@H]1CN(S(C)(=O)=O)c2ccccc2O1)c1ccc2c(c1)CCCC2. The lowest BCUT2D eigenvalue weighted by molar-refractivity contribution is -0.128. The van der Waals surface area contributed by atoms with Crippen molar-refractivity contribution in [2.45, 2.75) is 51.2 Å². The Morgan fingerprint density at radius 1 is 1.17 bits per heavy atom. The highest BCUT2D eigenvalue weighted by molar-refractivity contribution is 7.92. The fraction of sp³-hybridized carbons (Fsp3) is 0.435. The zero-order valence-electron chi connectivity index (χ0n) is 17.4. The number of hydrogen-bond acceptors (Lipinski definition) is 4. The fourth-order valence-electron chi connectivity index (χ4n) is 4.31. The van der Waals surface area contributed by atoms with Gasteiger partial charge in [-0.15, -0.1) is 0 Å². The van der Waals surface area contributed by atoms with Gasteiger partial charge in [0.15, 0.2) is 6.10 Å². The Morgan fingerprint density at radius 2 is 1.90 bits per heavy atom. The number of nitrogens with one attached hydrogen (secondary N) is 1. The number of sulfonamides is 1. The van der Waals surface area contributed by atoms with Gasteiger partial charge in [-0.3, -0.25) is 9.10 Å². The number of rotatable bonds is 5. The van der Waals surface area contributed by atoms with Crippen LogP contribution in [0.15, 0.2) is 42.5 Å². The van der Waals surface area contributed by atoms with Gasteiger partial charge in [-0.2, -0.15) is 0 Å². The maximum atomic E-state index is 13.1. The van der Waals surface area contributed by atoms with Gasteiger partial charge in [0.25, 0.3) is 5.91 Å². The van der Waals surface area contributed by atoms with Gasteiger partial charge >= 0.3 is 0 Å². The molecule has 0 spiro atoms. The minimum Gasteiger partial charge on any atom is -0.476 e. The molecule has 7 heteroatoms. The minimum atomic E-state index is -3.53. The van der Waals surface area contributed by atoms with Crippen LogP contribution in [0.25, 0.3) is 0 Å². The molecule has 1 aliphatic heterocycles. The van der Waals surface area contributed by atoms with E-state index in [2.05, 4.69) is 23.5 Å². The van der Waals surface area contributed by atoms with Crippen molar-refractivity contribution in [1.82, 2.24) is 5.32 Å². The molecule has 0 bridgehead atoms. The van der Waals surface area contributed by atoms with Crippen molar-refractivity contribution in [3.8, 4) is 5.75 Å². The predicted molar refractivity (Wildman–Crippen MR) is 117 cm³/mol. The second-order valence-electron chi connectivity index (χ2n) is 8.07. The summed E-state index contributed by atoms with van der Waals surface area (Å²) in [5, 5.41) is 3.08. The average Bonchev–Trinajstić information content (AvgIpc) is 2.75. The number of nitrogens with zero attached hydrogens (tertiary/aromatic N) is 1. The summed E-state index contributed by atoms with van der Waals surface area (Å²) in [5.74, 6) is 0.0962. The van der Waals surface area contributed by atoms with E-state index in [0.29, 0.717) is 11.4 Å². The molecule has 0 aromatic heterocycles. The van der Waals surface area contributed by atoms with Crippen LogP contribution in [-0.2, 0) is 27.7 Å². The normalized spacial score (nSPS) is 19.3. The molecule has 0 saturated heterocycles. The Labute approximate surface area is 178 Å². The molecule has 1 N–H and O–H groups in total. The summed E-state index contributed by atoms with van der Waals surface area (Å²) in [5.41, 5.74) is 4.33. The summed E-state index contributed by atoms with van der Waals surface area (Å²) in [6.07, 6.45) is 5.62. The fourth-order valence-corrected chi connectivity index (χ4v) is 5.22. The quantitative estimate of drug-likeness (QED) is 0.792. The first-order valence-electron chi connectivity index (χ1n) is 10.5. The van der Waals surface area contributed by atoms with Gasteiger partial charge in [0.05, 0.1) is 24.5 Å². The number of fused-ring (bicyclic) bond motifs is 2. The number of anilines is 1. The van der Waals surface area contributed by atoms with Gasteiger partial charge in [-0.25, -0.2) is 8.42 Å². The van der Waals surface area contributed by atoms with Crippen molar-refractivity contribution in [3.05, 3.63) is 59.2 Å². The zero-order valence-corrected chi connectivity index (χ0v) is 18.2. The molecule has 160 valence electrons. The van der Waals surface area contributed by atoms with Crippen LogP contribution < -0.4 is 14.4 Å². The van der Waals surface area contributed by atoms with Crippen molar-refractivity contribution in [3.63, 3.8) is 0 Å². The Balaban J connectivity index is 1.54. The molecular formula is C23H28N2O4S. The number of para-hydroxylation sites is 2. The highest BCUT2D eigenvalue weighted by atomic mass is 32.2. The van der Waals surface area contributed by atoms with Crippen molar-refractivity contribution in [1.29, 1.82) is 0 Å². The number of benzene rings is 2. The Hall–Kier alpha value is -2.54. The van der Waals surface area contributed by atoms with Crippen LogP contribution in [-0.4, -0.2) is 33.2 Å². The molecule has 2 aliphatic rings. The second-order valence-corrected chi connectivity index (χ2v) is 9.98. The molecule has 2 aromatic carbocycles. The summed E-state index contributed by atoms with van der Waals surface area (Å²) >= 11 is 0. The standard InChI is InChI=1S/C23H28N2O4S/c1-3-19(18-13-12-16-8-4-5-9-17(16)14-18)24-23(26)22-15-25(30(2,27)28)20-10-6-7-11-21(20)29-22/h6-7,10-14,19,22H,3-5,8-9,15H2,1-2H3,(H,24,26)/t19-,22+/m1/s1. The van der Waals surface area contributed by atoms with Crippen LogP contribution >= 0.6 is 0 Å². The third kappa shape index (κ3) is 4.17. The Kier molecular flexibility index (Phi) is 5.73. The van der Waals surface area contributed by atoms with Gasteiger partial charge in [0.1, 0.15) is 5.75 Å². The first-order valence-corrected chi connectivity index (χ1v) is 12.4. The molecule has 4 rings (SSSR count). The number of hydrogen-bond donors (Lipinski definition) is 1. The zero-order chi connectivity index (χ0) is 21.3. The number of ether oxygens (including phenoxy) is 1. The van der Waals surface area contributed by atoms with Crippen molar-refractivity contribution < 1.29 is 17.9 Å². The van der Waals surface area contributed by atoms with Gasteiger partial charge in [-0.05, 0) is 60.9 Å². The van der Waals surface area contributed by atoms with Gasteiger partial charge in [0, 0.05) is 0 Å². The molecule has 1 amide bonds. The van der Waals surface area contributed by atoms with Crippen molar-refractivity contribution >= 4 is 21.6 Å². The highest BCUT2D eigenvalue weighted by Gasteiger charge is 2.35. The second kappa shape index (κ2) is 8.30. The Morgan fingerprint density at radius 3 is 2.63 bits per heavy atom. The topological polar surface area (TPSA) is 75.7 Å². The minimum absolute atomic E-state index is 0.0394. The van der Waals surface area contributed by atoms with Gasteiger partial charge in [0.2, 0.25) is 10.0 Å². The van der Waals surface area contributed by atoms with E-state index in [1.807, 2.05) is 6.92 Å². The molecule has 2 aromatic rings. The molecule has 1 aliphatic carbocycles. The van der Waals surface area contributed by atoms with Crippen molar-refractivity contribution in [2.24, 2.45) is 0 Å². The molecule has 0 saturated carbocycles. The lowest BCUT2D eigenvalue weighted by atomic mass is 9.88. The first kappa shape index (κ1) is 20.7. The van der Waals surface area contributed by atoms with E-state index in [-0.39, 0.29) is 18.5 Å². The molecule has 0 radical (unpaired) electrons. The highest BCUT2D eigenvalue weighted by Crippen LogP contribution is 2.35. The lowest BCUT2D eigenvalue weighted by Gasteiger charge is -2.34. The van der Waals surface area contributed by atoms with Crippen LogP contribution in [0.2, 0.25) is 0 Å². The number of aryl methyl sites for hydroxylation is 2. The average molecular weight is 429 g/mol. The smallest absolute Gasteiger partial charge is 0.263 e. The van der Waals surface area contributed by atoms with E-state index in [9.17, 15) is 13.2 Å². The maximum Gasteiger partial charge on any atom is 0.263 e. The van der Waals surface area contributed by atoms with Crippen LogP contribution in [0.3, 0.4) is 0 Å². The third-order valence-electron chi connectivity index (χ3n) is 5.93. The summed E-state index contributed by atoms with van der Waals surface area (Å²) in [4.78, 5) is 13.1. The van der Waals surface area contributed by atoms with Crippen LogP contribution in [0.1, 0.15) is 48.9 Å².